The van der Waals surface area contributed by atoms with E-state index in [1.165, 1.54) is 6.07 Å². The lowest BCUT2D eigenvalue weighted by Crippen LogP contribution is -2.19. The number of carboxylic acids is 1. The van der Waals surface area contributed by atoms with Crippen molar-refractivity contribution in [3.8, 4) is 11.5 Å². The summed E-state index contributed by atoms with van der Waals surface area (Å²) in [6, 6.07) is 4.74. The van der Waals surface area contributed by atoms with Gasteiger partial charge in [0.1, 0.15) is 5.82 Å². The molecule has 1 aromatic carbocycles. The molecule has 0 spiro atoms. The van der Waals surface area contributed by atoms with Crippen LogP contribution in [0.4, 0.5) is 4.39 Å². The number of aryl methyl sites for hydroxylation is 1. The summed E-state index contributed by atoms with van der Waals surface area (Å²) in [6.45, 7) is 5.40. The smallest absolute Gasteiger partial charge is 0.303 e. The van der Waals surface area contributed by atoms with E-state index in [-0.39, 0.29) is 17.9 Å². The molecule has 6 heteroatoms. The number of carbonyl (C=O) groups is 1. The zero-order valence-corrected chi connectivity index (χ0v) is 12.2. The van der Waals surface area contributed by atoms with E-state index in [2.05, 4.69) is 10.2 Å². The Morgan fingerprint density at radius 3 is 2.71 bits per heavy atom. The monoisotopic (exact) mass is 292 g/mol. The van der Waals surface area contributed by atoms with Gasteiger partial charge >= 0.3 is 5.97 Å². The molecule has 5 nitrogen and oxygen atoms in total. The highest BCUT2D eigenvalue weighted by Crippen LogP contribution is 2.28. The number of hydrogen-bond acceptors (Lipinski definition) is 4. The van der Waals surface area contributed by atoms with Gasteiger partial charge in [0.15, 0.2) is 0 Å². The van der Waals surface area contributed by atoms with E-state index in [9.17, 15) is 9.18 Å². The summed E-state index contributed by atoms with van der Waals surface area (Å²) in [5, 5.41) is 16.6. The summed E-state index contributed by atoms with van der Waals surface area (Å²) in [6.07, 6.45) is 0.309. The summed E-state index contributed by atoms with van der Waals surface area (Å²) in [7, 11) is 0. The van der Waals surface area contributed by atoms with Crippen molar-refractivity contribution < 1.29 is 18.7 Å². The van der Waals surface area contributed by atoms with E-state index in [1.807, 2.05) is 0 Å². The van der Waals surface area contributed by atoms with Crippen LogP contribution in [0.15, 0.2) is 22.6 Å². The average molecular weight is 292 g/mol. The van der Waals surface area contributed by atoms with E-state index in [0.717, 1.165) is 5.56 Å². The maximum absolute atomic E-state index is 13.8. The number of rotatable bonds is 5. The van der Waals surface area contributed by atoms with Gasteiger partial charge in [0, 0.05) is 6.42 Å². The van der Waals surface area contributed by atoms with E-state index in [4.69, 9.17) is 9.52 Å². The number of benzene rings is 1. The minimum atomic E-state index is -0.885. The second-order valence-electron chi connectivity index (χ2n) is 5.90. The molecule has 1 N–H and O–H groups in total. The molecular weight excluding hydrogens is 275 g/mol. The van der Waals surface area contributed by atoms with Gasteiger partial charge in [-0.1, -0.05) is 19.9 Å². The van der Waals surface area contributed by atoms with Crippen LogP contribution in [0.2, 0.25) is 0 Å². The topological polar surface area (TPSA) is 76.2 Å². The Bertz CT molecular complexity index is 665. The van der Waals surface area contributed by atoms with Gasteiger partial charge < -0.3 is 9.52 Å². The lowest BCUT2D eigenvalue weighted by molar-refractivity contribution is -0.139. The fourth-order valence-corrected chi connectivity index (χ4v) is 2.11. The van der Waals surface area contributed by atoms with E-state index < -0.39 is 17.2 Å². The van der Waals surface area contributed by atoms with Crippen LogP contribution in [-0.4, -0.2) is 21.3 Å². The van der Waals surface area contributed by atoms with Gasteiger partial charge in [-0.3, -0.25) is 4.79 Å². The predicted octanol–water partition coefficient (Wildman–Crippen LogP) is 3.23. The van der Waals surface area contributed by atoms with Crippen molar-refractivity contribution in [2.45, 2.75) is 33.6 Å². The molecule has 0 aliphatic rings. The van der Waals surface area contributed by atoms with Crippen molar-refractivity contribution >= 4 is 5.97 Å². The van der Waals surface area contributed by atoms with Gasteiger partial charge in [0.2, 0.25) is 5.89 Å². The maximum Gasteiger partial charge on any atom is 0.303 e. The van der Waals surface area contributed by atoms with Gasteiger partial charge in [0.25, 0.3) is 5.89 Å². The van der Waals surface area contributed by atoms with Crippen LogP contribution >= 0.6 is 0 Å². The molecule has 0 amide bonds. The highest BCUT2D eigenvalue weighted by atomic mass is 19.1. The molecule has 0 atom stereocenters. The standard InChI is InChI=1S/C15H17FN2O3/c1-9-4-5-10(11(16)6-9)14-18-17-12(21-14)7-15(2,3)8-13(19)20/h4-6H,7-8H2,1-3H3,(H,19,20). The van der Waals surface area contributed by atoms with Crippen molar-refractivity contribution in [2.75, 3.05) is 0 Å². The molecule has 0 saturated heterocycles. The fraction of sp³-hybridized carbons (Fsp3) is 0.400. The van der Waals surface area contributed by atoms with E-state index in [1.54, 1.807) is 32.9 Å². The second kappa shape index (κ2) is 5.63. The number of carboxylic acid groups (broad SMARTS) is 1. The van der Waals surface area contributed by atoms with Crippen LogP contribution in [0.25, 0.3) is 11.5 Å². The third kappa shape index (κ3) is 3.87. The lowest BCUT2D eigenvalue weighted by atomic mass is 9.86. The van der Waals surface area contributed by atoms with Gasteiger partial charge in [-0.05, 0) is 30.0 Å². The van der Waals surface area contributed by atoms with Crippen molar-refractivity contribution in [3.63, 3.8) is 0 Å². The minimum Gasteiger partial charge on any atom is -0.481 e. The molecule has 112 valence electrons. The quantitative estimate of drug-likeness (QED) is 0.915. The van der Waals surface area contributed by atoms with Gasteiger partial charge in [-0.25, -0.2) is 4.39 Å². The Balaban J connectivity index is 2.20. The Morgan fingerprint density at radius 2 is 2.10 bits per heavy atom. The van der Waals surface area contributed by atoms with Crippen LogP contribution in [0.1, 0.15) is 31.7 Å². The van der Waals surface area contributed by atoms with Crippen molar-refractivity contribution in [3.05, 3.63) is 35.5 Å². The summed E-state index contributed by atoms with van der Waals surface area (Å²) in [4.78, 5) is 10.8. The molecule has 2 aromatic rings. The Hall–Kier alpha value is -2.24. The molecule has 1 aromatic heterocycles. The first-order valence-corrected chi connectivity index (χ1v) is 6.57. The van der Waals surface area contributed by atoms with Crippen LogP contribution in [-0.2, 0) is 11.2 Å². The van der Waals surface area contributed by atoms with Crippen LogP contribution < -0.4 is 0 Å². The van der Waals surface area contributed by atoms with Crippen molar-refractivity contribution in [1.29, 1.82) is 0 Å². The van der Waals surface area contributed by atoms with Crippen molar-refractivity contribution in [2.24, 2.45) is 5.41 Å². The number of hydrogen-bond donors (Lipinski definition) is 1. The molecule has 0 bridgehead atoms. The summed E-state index contributed by atoms with van der Waals surface area (Å²) in [5.41, 5.74) is 0.538. The Morgan fingerprint density at radius 1 is 1.38 bits per heavy atom. The normalized spacial score (nSPS) is 11.6. The fourth-order valence-electron chi connectivity index (χ4n) is 2.11. The number of halogens is 1. The highest BCUT2D eigenvalue weighted by molar-refractivity contribution is 5.67. The molecule has 21 heavy (non-hydrogen) atoms. The number of aliphatic carboxylic acids is 1. The molecule has 0 aliphatic heterocycles. The first-order valence-electron chi connectivity index (χ1n) is 6.57. The van der Waals surface area contributed by atoms with Crippen LogP contribution in [0.3, 0.4) is 0 Å². The first kappa shape index (κ1) is 15.2. The molecular formula is C15H17FN2O3. The zero-order chi connectivity index (χ0) is 15.6. The van der Waals surface area contributed by atoms with Crippen LogP contribution in [0.5, 0.6) is 0 Å². The highest BCUT2D eigenvalue weighted by Gasteiger charge is 2.25. The third-order valence-corrected chi connectivity index (χ3v) is 3.08. The summed E-state index contributed by atoms with van der Waals surface area (Å²) >= 11 is 0. The second-order valence-corrected chi connectivity index (χ2v) is 5.90. The van der Waals surface area contributed by atoms with E-state index >= 15 is 0 Å². The Labute approximate surface area is 121 Å². The summed E-state index contributed by atoms with van der Waals surface area (Å²) in [5.74, 6) is -0.899. The largest absolute Gasteiger partial charge is 0.481 e. The molecule has 0 aliphatic carbocycles. The predicted molar refractivity (Wildman–Crippen MR) is 74.2 cm³/mol. The number of nitrogens with zero attached hydrogens (tertiary/aromatic N) is 2. The number of aromatic nitrogens is 2. The molecule has 0 radical (unpaired) electrons. The zero-order valence-electron chi connectivity index (χ0n) is 12.2. The molecule has 0 saturated carbocycles. The molecule has 0 unspecified atom stereocenters. The third-order valence-electron chi connectivity index (χ3n) is 3.08. The molecule has 0 fully saturated rings. The first-order chi connectivity index (χ1) is 9.77. The molecule has 2 rings (SSSR count). The summed E-state index contributed by atoms with van der Waals surface area (Å²) < 4.78 is 19.3. The average Bonchev–Trinajstić information content (AvgIpc) is 2.74. The van der Waals surface area contributed by atoms with Crippen LogP contribution in [0, 0.1) is 18.2 Å². The van der Waals surface area contributed by atoms with Gasteiger partial charge in [-0.15, -0.1) is 10.2 Å². The SMILES string of the molecule is Cc1ccc(-c2nnc(CC(C)(C)CC(=O)O)o2)c(F)c1. The lowest BCUT2D eigenvalue weighted by Gasteiger charge is -2.19. The Kier molecular flexibility index (Phi) is 4.06. The van der Waals surface area contributed by atoms with Gasteiger partial charge in [0.05, 0.1) is 12.0 Å². The van der Waals surface area contributed by atoms with Crippen molar-refractivity contribution in [1.82, 2.24) is 10.2 Å². The minimum absolute atomic E-state index is 0.0103. The molecule has 1 heterocycles. The van der Waals surface area contributed by atoms with E-state index in [0.29, 0.717) is 12.3 Å². The maximum atomic E-state index is 13.8. The van der Waals surface area contributed by atoms with Gasteiger partial charge in [-0.2, -0.15) is 0 Å².